The number of nitro benzene ring substituents is 1. The highest BCUT2D eigenvalue weighted by Gasteiger charge is 2.40. The molecule has 2 N–H and O–H groups in total. The van der Waals surface area contributed by atoms with Crippen molar-refractivity contribution >= 4 is 17.6 Å². The van der Waals surface area contributed by atoms with Crippen LogP contribution in [0.5, 0.6) is 0 Å². The van der Waals surface area contributed by atoms with E-state index in [1.54, 1.807) is 19.9 Å². The van der Waals surface area contributed by atoms with Crippen LogP contribution in [0.2, 0.25) is 0 Å². The number of nitro groups is 1. The van der Waals surface area contributed by atoms with Gasteiger partial charge in [-0.3, -0.25) is 19.7 Å². The molecule has 0 saturated heterocycles. The number of hydrogen-bond acceptors (Lipinski definition) is 4. The lowest BCUT2D eigenvalue weighted by molar-refractivity contribution is -0.385. The molecule has 1 saturated carbocycles. The van der Waals surface area contributed by atoms with Crippen molar-refractivity contribution in [3.63, 3.8) is 0 Å². The van der Waals surface area contributed by atoms with E-state index in [4.69, 9.17) is 5.11 Å². The van der Waals surface area contributed by atoms with Crippen LogP contribution in [0.1, 0.15) is 47.2 Å². The summed E-state index contributed by atoms with van der Waals surface area (Å²) in [7, 11) is 0. The van der Waals surface area contributed by atoms with E-state index in [0.717, 1.165) is 6.42 Å². The summed E-state index contributed by atoms with van der Waals surface area (Å²) in [4.78, 5) is 33.8. The number of amides is 1. The van der Waals surface area contributed by atoms with E-state index in [1.165, 1.54) is 6.07 Å². The topological polar surface area (TPSA) is 110 Å². The number of carbonyl (C=O) groups is 2. The fourth-order valence-electron chi connectivity index (χ4n) is 2.83. The lowest BCUT2D eigenvalue weighted by atomic mass is 9.74. The van der Waals surface area contributed by atoms with Gasteiger partial charge in [-0.2, -0.15) is 0 Å². The van der Waals surface area contributed by atoms with Gasteiger partial charge in [0.1, 0.15) is 0 Å². The largest absolute Gasteiger partial charge is 0.481 e. The van der Waals surface area contributed by atoms with Crippen LogP contribution in [-0.4, -0.2) is 27.4 Å². The van der Waals surface area contributed by atoms with Gasteiger partial charge in [-0.05, 0) is 44.7 Å². The van der Waals surface area contributed by atoms with Crippen molar-refractivity contribution < 1.29 is 19.6 Å². The van der Waals surface area contributed by atoms with Crippen molar-refractivity contribution in [2.45, 2.75) is 45.1 Å². The molecular weight excluding hydrogens is 288 g/mol. The summed E-state index contributed by atoms with van der Waals surface area (Å²) in [6.07, 6.45) is 1.95. The Bertz CT molecular complexity index is 650. The molecule has 0 aromatic heterocycles. The molecule has 118 valence electrons. The highest BCUT2D eigenvalue weighted by molar-refractivity contribution is 5.97. The van der Waals surface area contributed by atoms with Crippen molar-refractivity contribution in [3.8, 4) is 0 Å². The number of hydrogen-bond donors (Lipinski definition) is 2. The van der Waals surface area contributed by atoms with E-state index in [0.29, 0.717) is 24.0 Å². The maximum absolute atomic E-state index is 12.4. The van der Waals surface area contributed by atoms with Crippen molar-refractivity contribution in [2.24, 2.45) is 0 Å². The number of carboxylic acids is 1. The number of benzene rings is 1. The Morgan fingerprint density at radius 3 is 2.41 bits per heavy atom. The molecule has 0 unspecified atom stereocenters. The van der Waals surface area contributed by atoms with Crippen LogP contribution in [0.3, 0.4) is 0 Å². The molecule has 1 aromatic carbocycles. The summed E-state index contributed by atoms with van der Waals surface area (Å²) >= 11 is 0. The molecule has 7 nitrogen and oxygen atoms in total. The molecule has 1 aliphatic carbocycles. The van der Waals surface area contributed by atoms with Crippen molar-refractivity contribution in [1.29, 1.82) is 0 Å². The zero-order valence-electron chi connectivity index (χ0n) is 12.5. The second-order valence-electron chi connectivity index (χ2n) is 5.87. The Kier molecular flexibility index (Phi) is 4.16. The average Bonchev–Trinajstić information content (AvgIpc) is 2.34. The van der Waals surface area contributed by atoms with E-state index in [9.17, 15) is 19.7 Å². The quantitative estimate of drug-likeness (QED) is 0.641. The van der Waals surface area contributed by atoms with Gasteiger partial charge in [0.2, 0.25) is 0 Å². The summed E-state index contributed by atoms with van der Waals surface area (Å²) in [5, 5.41) is 22.7. The first kappa shape index (κ1) is 15.9. The fraction of sp³-hybridized carbons (Fsp3) is 0.467. The van der Waals surface area contributed by atoms with Crippen LogP contribution in [0.15, 0.2) is 12.1 Å². The number of carboxylic acid groups (broad SMARTS) is 1. The van der Waals surface area contributed by atoms with Crippen LogP contribution in [0.4, 0.5) is 5.69 Å². The third-order valence-electron chi connectivity index (χ3n) is 4.16. The second-order valence-corrected chi connectivity index (χ2v) is 5.87. The first-order chi connectivity index (χ1) is 10.2. The number of nitrogens with one attached hydrogen (secondary N) is 1. The third-order valence-corrected chi connectivity index (χ3v) is 4.16. The minimum absolute atomic E-state index is 0.114. The van der Waals surface area contributed by atoms with Crippen molar-refractivity contribution in [1.82, 2.24) is 5.32 Å². The minimum atomic E-state index is -0.966. The van der Waals surface area contributed by atoms with Gasteiger partial charge in [0.15, 0.2) is 0 Å². The molecule has 1 aliphatic rings. The molecule has 0 atom stereocenters. The number of nitrogens with zero attached hydrogens (tertiary/aromatic N) is 1. The second kappa shape index (κ2) is 5.75. The first-order valence-electron chi connectivity index (χ1n) is 7.04. The SMILES string of the molecule is Cc1cc(C)c([N+](=O)[O-])cc1C(=O)NC1(CC(=O)O)CCC1. The predicted molar refractivity (Wildman–Crippen MR) is 78.9 cm³/mol. The van der Waals surface area contributed by atoms with Crippen LogP contribution < -0.4 is 5.32 Å². The smallest absolute Gasteiger partial charge is 0.305 e. The number of carbonyl (C=O) groups excluding carboxylic acids is 1. The monoisotopic (exact) mass is 306 g/mol. The Morgan fingerprint density at radius 2 is 1.95 bits per heavy atom. The number of aliphatic carboxylic acids is 1. The average molecular weight is 306 g/mol. The van der Waals surface area contributed by atoms with Crippen molar-refractivity contribution in [2.75, 3.05) is 0 Å². The molecule has 1 amide bonds. The van der Waals surface area contributed by atoms with Gasteiger partial charge >= 0.3 is 5.97 Å². The zero-order chi connectivity index (χ0) is 16.5. The van der Waals surface area contributed by atoms with Gasteiger partial charge in [0.05, 0.1) is 16.9 Å². The summed E-state index contributed by atoms with van der Waals surface area (Å²) in [6.45, 7) is 3.32. The summed E-state index contributed by atoms with van der Waals surface area (Å²) in [6, 6.07) is 2.85. The molecule has 0 heterocycles. The molecule has 2 rings (SSSR count). The van der Waals surface area contributed by atoms with Crippen LogP contribution in [-0.2, 0) is 4.79 Å². The molecule has 22 heavy (non-hydrogen) atoms. The van der Waals surface area contributed by atoms with E-state index in [2.05, 4.69) is 5.32 Å². The maximum Gasteiger partial charge on any atom is 0.305 e. The molecule has 0 aliphatic heterocycles. The van der Waals surface area contributed by atoms with E-state index >= 15 is 0 Å². The molecule has 1 aromatic rings. The van der Waals surface area contributed by atoms with Crippen LogP contribution in [0.25, 0.3) is 0 Å². The van der Waals surface area contributed by atoms with E-state index in [1.807, 2.05) is 0 Å². The Labute approximate surface area is 127 Å². The standard InChI is InChI=1S/C15H18N2O5/c1-9-6-10(2)12(17(21)22)7-11(9)14(20)16-15(4-3-5-15)8-13(18)19/h6-7H,3-5,8H2,1-2H3,(H,16,20)(H,18,19). The molecule has 1 fully saturated rings. The first-order valence-corrected chi connectivity index (χ1v) is 7.04. The minimum Gasteiger partial charge on any atom is -0.481 e. The zero-order valence-corrected chi connectivity index (χ0v) is 12.5. The number of aryl methyl sites for hydroxylation is 2. The normalized spacial score (nSPS) is 15.7. The Morgan fingerprint density at radius 1 is 1.32 bits per heavy atom. The van der Waals surface area contributed by atoms with Gasteiger partial charge in [-0.25, -0.2) is 0 Å². The van der Waals surface area contributed by atoms with Gasteiger partial charge in [0, 0.05) is 17.2 Å². The van der Waals surface area contributed by atoms with Crippen molar-refractivity contribution in [3.05, 3.63) is 38.9 Å². The summed E-state index contributed by atoms with van der Waals surface area (Å²) in [5.74, 6) is -1.42. The third kappa shape index (κ3) is 3.08. The summed E-state index contributed by atoms with van der Waals surface area (Å²) in [5.41, 5.74) is 0.494. The molecule has 0 bridgehead atoms. The molecule has 0 spiro atoms. The Hall–Kier alpha value is -2.44. The number of rotatable bonds is 5. The lowest BCUT2D eigenvalue weighted by Gasteiger charge is -2.41. The maximum atomic E-state index is 12.4. The van der Waals surface area contributed by atoms with Crippen LogP contribution in [0, 0.1) is 24.0 Å². The summed E-state index contributed by atoms with van der Waals surface area (Å²) < 4.78 is 0. The molecular formula is C15H18N2O5. The van der Waals surface area contributed by atoms with E-state index in [-0.39, 0.29) is 17.7 Å². The highest BCUT2D eigenvalue weighted by Crippen LogP contribution is 2.35. The van der Waals surface area contributed by atoms with Gasteiger partial charge in [0.25, 0.3) is 11.6 Å². The predicted octanol–water partition coefficient (Wildman–Crippen LogP) is 2.34. The van der Waals surface area contributed by atoms with Gasteiger partial charge < -0.3 is 10.4 Å². The van der Waals surface area contributed by atoms with Gasteiger partial charge in [-0.15, -0.1) is 0 Å². The molecule has 7 heteroatoms. The molecule has 0 radical (unpaired) electrons. The Balaban J connectivity index is 2.28. The highest BCUT2D eigenvalue weighted by atomic mass is 16.6. The fourth-order valence-corrected chi connectivity index (χ4v) is 2.83. The lowest BCUT2D eigenvalue weighted by Crippen LogP contribution is -2.54. The van der Waals surface area contributed by atoms with E-state index < -0.39 is 22.3 Å². The van der Waals surface area contributed by atoms with Gasteiger partial charge in [-0.1, -0.05) is 0 Å². The van der Waals surface area contributed by atoms with Crippen LogP contribution >= 0.6 is 0 Å².